The highest BCUT2D eigenvalue weighted by Crippen LogP contribution is 2.29. The predicted octanol–water partition coefficient (Wildman–Crippen LogP) is 2.76. The number of morpholine rings is 1. The first kappa shape index (κ1) is 13.4. The van der Waals surface area contributed by atoms with Gasteiger partial charge in [0.2, 0.25) is 0 Å². The van der Waals surface area contributed by atoms with Crippen molar-refractivity contribution in [1.82, 2.24) is 0 Å². The Labute approximate surface area is 115 Å². The molecule has 5 heteroatoms. The number of rotatable bonds is 2. The summed E-state index contributed by atoms with van der Waals surface area (Å²) in [4.78, 5) is 13.3. The first-order chi connectivity index (χ1) is 8.39. The van der Waals surface area contributed by atoms with Gasteiger partial charge >= 0.3 is 5.97 Å². The van der Waals surface area contributed by atoms with E-state index in [4.69, 9.17) is 4.74 Å². The highest BCUT2D eigenvalue weighted by molar-refractivity contribution is 9.10. The van der Waals surface area contributed by atoms with Crippen LogP contribution in [0.5, 0.6) is 0 Å². The fourth-order valence-electron chi connectivity index (χ4n) is 2.17. The van der Waals surface area contributed by atoms with Crippen LogP contribution in [0.2, 0.25) is 0 Å². The van der Waals surface area contributed by atoms with E-state index in [0.29, 0.717) is 25.3 Å². The standard InChI is InChI=1S/C13H16BrNO3/c1-13(2)8-15(5-6-18-13)11-7-9(14)3-4-10(11)12(16)17/h3-4,7H,5-6,8H2,1-2H3,(H,16,17). The van der Waals surface area contributed by atoms with Gasteiger partial charge in [-0.1, -0.05) is 15.9 Å². The first-order valence-corrected chi connectivity index (χ1v) is 6.60. The van der Waals surface area contributed by atoms with Crippen LogP contribution in [0.3, 0.4) is 0 Å². The molecule has 1 N–H and O–H groups in total. The molecule has 1 saturated heterocycles. The molecule has 0 aliphatic carbocycles. The molecule has 0 aromatic heterocycles. The van der Waals surface area contributed by atoms with Crippen LogP contribution in [-0.4, -0.2) is 36.4 Å². The lowest BCUT2D eigenvalue weighted by molar-refractivity contribution is -0.0277. The molecule has 98 valence electrons. The van der Waals surface area contributed by atoms with Crippen LogP contribution in [0.15, 0.2) is 22.7 Å². The van der Waals surface area contributed by atoms with Crippen molar-refractivity contribution in [2.75, 3.05) is 24.6 Å². The number of carboxylic acid groups (broad SMARTS) is 1. The zero-order valence-corrected chi connectivity index (χ0v) is 12.0. The maximum atomic E-state index is 11.3. The van der Waals surface area contributed by atoms with E-state index in [1.54, 1.807) is 12.1 Å². The Morgan fingerprint density at radius 1 is 1.50 bits per heavy atom. The minimum atomic E-state index is -0.901. The Hall–Kier alpha value is -1.07. The van der Waals surface area contributed by atoms with Gasteiger partial charge in [0.15, 0.2) is 0 Å². The number of aromatic carboxylic acids is 1. The average molecular weight is 314 g/mol. The quantitative estimate of drug-likeness (QED) is 0.912. The molecule has 1 heterocycles. The third kappa shape index (κ3) is 2.84. The van der Waals surface area contributed by atoms with E-state index in [1.807, 2.05) is 19.9 Å². The second-order valence-electron chi connectivity index (χ2n) is 5.00. The molecule has 0 radical (unpaired) electrons. The lowest BCUT2D eigenvalue weighted by atomic mass is 10.1. The van der Waals surface area contributed by atoms with E-state index < -0.39 is 5.97 Å². The van der Waals surface area contributed by atoms with Crippen molar-refractivity contribution < 1.29 is 14.6 Å². The molecule has 0 saturated carbocycles. The van der Waals surface area contributed by atoms with Gasteiger partial charge in [-0.15, -0.1) is 0 Å². The van der Waals surface area contributed by atoms with Gasteiger partial charge in [0.1, 0.15) is 0 Å². The van der Waals surface area contributed by atoms with Crippen molar-refractivity contribution >= 4 is 27.6 Å². The van der Waals surface area contributed by atoms with Crippen molar-refractivity contribution in [3.63, 3.8) is 0 Å². The number of benzene rings is 1. The summed E-state index contributed by atoms with van der Waals surface area (Å²) in [5, 5.41) is 9.24. The summed E-state index contributed by atoms with van der Waals surface area (Å²) in [6.45, 7) is 6.03. The van der Waals surface area contributed by atoms with Crippen LogP contribution in [0.25, 0.3) is 0 Å². The summed E-state index contributed by atoms with van der Waals surface area (Å²) in [6.07, 6.45) is 0. The number of halogens is 1. The van der Waals surface area contributed by atoms with Crippen LogP contribution in [0.4, 0.5) is 5.69 Å². The molecule has 0 unspecified atom stereocenters. The zero-order valence-electron chi connectivity index (χ0n) is 10.4. The molecule has 0 bridgehead atoms. The van der Waals surface area contributed by atoms with Gasteiger partial charge in [-0.05, 0) is 32.0 Å². The van der Waals surface area contributed by atoms with Gasteiger partial charge in [0.05, 0.1) is 23.5 Å². The van der Waals surface area contributed by atoms with Gasteiger partial charge in [0.25, 0.3) is 0 Å². The summed E-state index contributed by atoms with van der Waals surface area (Å²) in [7, 11) is 0. The van der Waals surface area contributed by atoms with Crippen molar-refractivity contribution in [3.05, 3.63) is 28.2 Å². The largest absolute Gasteiger partial charge is 0.478 e. The smallest absolute Gasteiger partial charge is 0.337 e. The molecule has 0 spiro atoms. The first-order valence-electron chi connectivity index (χ1n) is 5.81. The lowest BCUT2D eigenvalue weighted by Gasteiger charge is -2.40. The fourth-order valence-corrected chi connectivity index (χ4v) is 2.52. The number of carbonyl (C=O) groups is 1. The maximum Gasteiger partial charge on any atom is 0.337 e. The minimum Gasteiger partial charge on any atom is -0.478 e. The number of hydrogen-bond donors (Lipinski definition) is 1. The van der Waals surface area contributed by atoms with Crippen LogP contribution in [-0.2, 0) is 4.74 Å². The normalized spacial score (nSPS) is 18.7. The molecule has 0 amide bonds. The molecular formula is C13H16BrNO3. The Bertz CT molecular complexity index is 473. The van der Waals surface area contributed by atoms with Crippen molar-refractivity contribution in [1.29, 1.82) is 0 Å². The highest BCUT2D eigenvalue weighted by Gasteiger charge is 2.29. The number of hydrogen-bond acceptors (Lipinski definition) is 3. The summed E-state index contributed by atoms with van der Waals surface area (Å²) in [5.41, 5.74) is 0.820. The molecule has 4 nitrogen and oxygen atoms in total. The summed E-state index contributed by atoms with van der Waals surface area (Å²) in [6, 6.07) is 5.23. The molecule has 2 rings (SSSR count). The van der Waals surface area contributed by atoms with Crippen molar-refractivity contribution in [3.8, 4) is 0 Å². The van der Waals surface area contributed by atoms with Gasteiger partial charge < -0.3 is 14.7 Å². The summed E-state index contributed by atoms with van der Waals surface area (Å²) in [5.74, 6) is -0.901. The second-order valence-corrected chi connectivity index (χ2v) is 5.91. The Morgan fingerprint density at radius 3 is 2.83 bits per heavy atom. The molecule has 1 fully saturated rings. The molecular weight excluding hydrogens is 298 g/mol. The molecule has 1 aliphatic heterocycles. The van der Waals surface area contributed by atoms with Crippen LogP contribution < -0.4 is 4.90 Å². The number of ether oxygens (including phenoxy) is 1. The average Bonchev–Trinajstić information content (AvgIpc) is 2.27. The van der Waals surface area contributed by atoms with E-state index >= 15 is 0 Å². The second kappa shape index (κ2) is 4.90. The Morgan fingerprint density at radius 2 is 2.22 bits per heavy atom. The monoisotopic (exact) mass is 313 g/mol. The topological polar surface area (TPSA) is 49.8 Å². The van der Waals surface area contributed by atoms with Gasteiger partial charge in [-0.2, -0.15) is 0 Å². The van der Waals surface area contributed by atoms with E-state index in [9.17, 15) is 9.90 Å². The van der Waals surface area contributed by atoms with Gasteiger partial charge in [-0.3, -0.25) is 0 Å². The molecule has 1 aromatic rings. The van der Waals surface area contributed by atoms with Crippen LogP contribution >= 0.6 is 15.9 Å². The van der Waals surface area contributed by atoms with Crippen LogP contribution in [0, 0.1) is 0 Å². The van der Waals surface area contributed by atoms with Gasteiger partial charge in [-0.25, -0.2) is 4.79 Å². The third-order valence-electron chi connectivity index (χ3n) is 2.96. The Balaban J connectivity index is 2.37. The van der Waals surface area contributed by atoms with Gasteiger partial charge in [0, 0.05) is 17.6 Å². The third-order valence-corrected chi connectivity index (χ3v) is 3.45. The zero-order chi connectivity index (χ0) is 13.3. The predicted molar refractivity (Wildman–Crippen MR) is 73.3 cm³/mol. The summed E-state index contributed by atoms with van der Waals surface area (Å²) >= 11 is 3.39. The maximum absolute atomic E-state index is 11.3. The lowest BCUT2D eigenvalue weighted by Crippen LogP contribution is -2.48. The van der Waals surface area contributed by atoms with E-state index in [0.717, 1.165) is 10.2 Å². The molecule has 18 heavy (non-hydrogen) atoms. The van der Waals surface area contributed by atoms with Crippen molar-refractivity contribution in [2.45, 2.75) is 19.4 Å². The number of carboxylic acids is 1. The van der Waals surface area contributed by atoms with Crippen LogP contribution in [0.1, 0.15) is 24.2 Å². The Kier molecular flexibility index (Phi) is 3.64. The molecule has 1 aliphatic rings. The SMILES string of the molecule is CC1(C)CN(c2cc(Br)ccc2C(=O)O)CCO1. The molecule has 0 atom stereocenters. The van der Waals surface area contributed by atoms with E-state index in [2.05, 4.69) is 20.8 Å². The number of anilines is 1. The minimum absolute atomic E-state index is 0.254. The number of nitrogens with zero attached hydrogens (tertiary/aromatic N) is 1. The fraction of sp³-hybridized carbons (Fsp3) is 0.462. The summed E-state index contributed by atoms with van der Waals surface area (Å²) < 4.78 is 6.53. The highest BCUT2D eigenvalue weighted by atomic mass is 79.9. The molecule has 1 aromatic carbocycles. The van der Waals surface area contributed by atoms with E-state index in [-0.39, 0.29) is 5.60 Å². The van der Waals surface area contributed by atoms with Crippen molar-refractivity contribution in [2.24, 2.45) is 0 Å². The van der Waals surface area contributed by atoms with E-state index in [1.165, 1.54) is 0 Å².